The van der Waals surface area contributed by atoms with Gasteiger partial charge in [-0.1, -0.05) is 54.6 Å². The summed E-state index contributed by atoms with van der Waals surface area (Å²) < 4.78 is 7.10. The normalized spacial score (nSPS) is 12.0. The first-order chi connectivity index (χ1) is 25.6. The Morgan fingerprint density at radius 1 is 0.259 bits per heavy atom. The molecule has 1 heteroatoms. The number of rotatable bonds is 3. The van der Waals surface area contributed by atoms with E-state index < -0.39 is 0 Å². The van der Waals surface area contributed by atoms with E-state index in [4.69, 9.17) is 4.42 Å². The Morgan fingerprint density at radius 3 is 1.09 bits per heavy atom. The lowest BCUT2D eigenvalue weighted by Gasteiger charge is -2.29. The number of fused-ring (bicyclic) bond motifs is 5. The predicted octanol–water partition coefficient (Wildman–Crippen LogP) is 15.5. The van der Waals surface area contributed by atoms with E-state index in [9.17, 15) is 0 Å². The molecule has 0 aliphatic heterocycles. The molecule has 0 atom stereocenters. The lowest BCUT2D eigenvalue weighted by Crippen LogP contribution is -2.05. The third kappa shape index (κ3) is 4.63. The van der Waals surface area contributed by atoms with Crippen LogP contribution >= 0.6 is 0 Å². The van der Waals surface area contributed by atoms with Gasteiger partial charge in [-0.25, -0.2) is 0 Å². The van der Waals surface area contributed by atoms with Crippen molar-refractivity contribution < 1.29 is 4.42 Å². The molecule has 0 saturated heterocycles. The highest BCUT2D eigenvalue weighted by Gasteiger charge is 2.31. The molecular formula is C53H54O. The Bertz CT molecular complexity index is 2860. The van der Waals surface area contributed by atoms with Gasteiger partial charge in [0.05, 0.1) is 0 Å². The van der Waals surface area contributed by atoms with Gasteiger partial charge < -0.3 is 4.42 Å². The van der Waals surface area contributed by atoms with Crippen molar-refractivity contribution in [1.82, 2.24) is 0 Å². The van der Waals surface area contributed by atoms with Crippen LogP contribution in [0.15, 0.2) is 59.0 Å². The average Bonchev–Trinajstić information content (AvgIpc) is 3.58. The summed E-state index contributed by atoms with van der Waals surface area (Å²) in [5, 5.41) is 8.00. The predicted molar refractivity (Wildman–Crippen MR) is 236 cm³/mol. The average molecular weight is 707 g/mol. The molecule has 0 aliphatic rings. The molecule has 7 aromatic carbocycles. The van der Waals surface area contributed by atoms with Gasteiger partial charge in [0, 0.05) is 10.8 Å². The fourth-order valence-corrected chi connectivity index (χ4v) is 9.83. The Morgan fingerprint density at radius 2 is 0.611 bits per heavy atom. The highest BCUT2D eigenvalue weighted by molar-refractivity contribution is 6.30. The van der Waals surface area contributed by atoms with Crippen LogP contribution in [0.5, 0.6) is 0 Å². The first-order valence-electron chi connectivity index (χ1n) is 19.6. The lowest BCUT2D eigenvalue weighted by atomic mass is 9.74. The van der Waals surface area contributed by atoms with E-state index in [1.54, 1.807) is 0 Å². The molecule has 1 aromatic heterocycles. The summed E-state index contributed by atoms with van der Waals surface area (Å²) in [5.74, 6) is 0. The molecule has 0 bridgehead atoms. The van der Waals surface area contributed by atoms with E-state index in [0.29, 0.717) is 0 Å². The zero-order valence-electron chi connectivity index (χ0n) is 35.1. The largest absolute Gasteiger partial charge is 0.455 e. The second-order valence-electron chi connectivity index (χ2n) is 16.4. The highest BCUT2D eigenvalue weighted by Crippen LogP contribution is 2.55. The van der Waals surface area contributed by atoms with Crippen molar-refractivity contribution in [2.45, 2.75) is 104 Å². The smallest absolute Gasteiger partial charge is 0.139 e. The minimum atomic E-state index is 1.02. The summed E-state index contributed by atoms with van der Waals surface area (Å²) in [5.41, 5.74) is 29.9. The fourth-order valence-electron chi connectivity index (χ4n) is 9.83. The third-order valence-electron chi connectivity index (χ3n) is 14.3. The lowest BCUT2D eigenvalue weighted by molar-refractivity contribution is 0.661. The molecule has 54 heavy (non-hydrogen) atoms. The standard InChI is InChI=1S/C53H54O/c1-25-27(3)34(10)45-43(32(25)8)49(42-24-20-19-23-41(42)40-21-17-16-18-22-40)44-33(9)26(2)28(4)35(11)46(44)50(45)47-36(12)31(7)39(15)53-51(47)48-37(13)29(5)30(6)38(14)52(48)54-53/h16-24H,1-15H3. The molecule has 0 unspecified atom stereocenters. The summed E-state index contributed by atoms with van der Waals surface area (Å²) >= 11 is 0. The van der Waals surface area contributed by atoms with Gasteiger partial charge in [-0.2, -0.15) is 0 Å². The summed E-state index contributed by atoms with van der Waals surface area (Å²) in [6.45, 7) is 34.8. The number of aryl methyl sites for hydroxylation is 7. The van der Waals surface area contributed by atoms with Crippen LogP contribution in [0.2, 0.25) is 0 Å². The number of hydrogen-bond acceptors (Lipinski definition) is 1. The Hall–Kier alpha value is -5.14. The van der Waals surface area contributed by atoms with Crippen molar-refractivity contribution in [3.63, 3.8) is 0 Å². The topological polar surface area (TPSA) is 13.1 Å². The maximum Gasteiger partial charge on any atom is 0.139 e. The zero-order chi connectivity index (χ0) is 38.8. The molecule has 0 amide bonds. The molecule has 0 spiro atoms. The van der Waals surface area contributed by atoms with Crippen LogP contribution in [0.3, 0.4) is 0 Å². The van der Waals surface area contributed by atoms with E-state index >= 15 is 0 Å². The van der Waals surface area contributed by atoms with Crippen molar-refractivity contribution in [3.05, 3.63) is 138 Å². The van der Waals surface area contributed by atoms with Crippen molar-refractivity contribution >= 4 is 43.5 Å². The van der Waals surface area contributed by atoms with Crippen molar-refractivity contribution in [2.75, 3.05) is 0 Å². The highest BCUT2D eigenvalue weighted by atomic mass is 16.3. The third-order valence-corrected chi connectivity index (χ3v) is 14.3. The van der Waals surface area contributed by atoms with Crippen LogP contribution in [0, 0.1) is 104 Å². The first-order valence-corrected chi connectivity index (χ1v) is 19.6. The monoisotopic (exact) mass is 706 g/mol. The van der Waals surface area contributed by atoms with Gasteiger partial charge in [-0.3, -0.25) is 0 Å². The van der Waals surface area contributed by atoms with Gasteiger partial charge in [-0.05, 0) is 242 Å². The molecule has 0 N–H and O–H groups in total. The molecule has 0 saturated carbocycles. The van der Waals surface area contributed by atoms with Crippen LogP contribution in [-0.2, 0) is 0 Å². The summed E-state index contributed by atoms with van der Waals surface area (Å²) in [7, 11) is 0. The minimum Gasteiger partial charge on any atom is -0.455 e. The van der Waals surface area contributed by atoms with Crippen molar-refractivity contribution in [2.24, 2.45) is 0 Å². The molecule has 1 nitrogen and oxygen atoms in total. The quantitative estimate of drug-likeness (QED) is 0.167. The van der Waals surface area contributed by atoms with Crippen LogP contribution in [-0.4, -0.2) is 0 Å². The summed E-state index contributed by atoms with van der Waals surface area (Å²) in [6, 6.07) is 20.0. The Kier molecular flexibility index (Phi) is 8.27. The van der Waals surface area contributed by atoms with E-state index in [0.717, 1.165) is 11.2 Å². The SMILES string of the molecule is Cc1c(C)c(C)c2c(oc3c(C)c(C)c(C)c(-c4c5c(C)c(C)c(C)c(C)c5c(-c5ccccc5-c5ccccc5)c5c(C)c(C)c(C)c(C)c45)c32)c1C. The molecule has 8 rings (SSSR count). The molecule has 0 fully saturated rings. The molecule has 0 aliphatic carbocycles. The fraction of sp³-hybridized carbons (Fsp3) is 0.283. The summed E-state index contributed by atoms with van der Waals surface area (Å²) in [6.07, 6.45) is 0. The maximum absolute atomic E-state index is 7.10. The minimum absolute atomic E-state index is 1.02. The first kappa shape index (κ1) is 35.9. The summed E-state index contributed by atoms with van der Waals surface area (Å²) in [4.78, 5) is 0. The number of benzene rings is 7. The molecule has 0 radical (unpaired) electrons. The van der Waals surface area contributed by atoms with Crippen molar-refractivity contribution in [1.29, 1.82) is 0 Å². The second-order valence-corrected chi connectivity index (χ2v) is 16.4. The Balaban J connectivity index is 1.77. The Labute approximate surface area is 322 Å². The molecule has 272 valence electrons. The maximum atomic E-state index is 7.10. The molecular weight excluding hydrogens is 653 g/mol. The van der Waals surface area contributed by atoms with Gasteiger partial charge in [-0.15, -0.1) is 0 Å². The van der Waals surface area contributed by atoms with Gasteiger partial charge in [0.15, 0.2) is 0 Å². The molecule has 8 aromatic rings. The van der Waals surface area contributed by atoms with Crippen molar-refractivity contribution in [3.8, 4) is 33.4 Å². The van der Waals surface area contributed by atoms with E-state index in [1.165, 1.54) is 149 Å². The number of furan rings is 1. The van der Waals surface area contributed by atoms with Crippen LogP contribution in [0.4, 0.5) is 0 Å². The van der Waals surface area contributed by atoms with Crippen LogP contribution < -0.4 is 0 Å². The van der Waals surface area contributed by atoms with E-state index in [-0.39, 0.29) is 0 Å². The van der Waals surface area contributed by atoms with E-state index in [1.807, 2.05) is 0 Å². The van der Waals surface area contributed by atoms with E-state index in [2.05, 4.69) is 158 Å². The second kappa shape index (κ2) is 12.5. The molecule has 1 heterocycles. The van der Waals surface area contributed by atoms with Gasteiger partial charge in [0.2, 0.25) is 0 Å². The zero-order valence-corrected chi connectivity index (χ0v) is 35.1. The van der Waals surface area contributed by atoms with Crippen LogP contribution in [0.25, 0.3) is 76.9 Å². The van der Waals surface area contributed by atoms with Gasteiger partial charge in [0.25, 0.3) is 0 Å². The number of hydrogen-bond donors (Lipinski definition) is 0. The van der Waals surface area contributed by atoms with Gasteiger partial charge in [0.1, 0.15) is 11.2 Å². The van der Waals surface area contributed by atoms with Gasteiger partial charge >= 0.3 is 0 Å². The van der Waals surface area contributed by atoms with Crippen LogP contribution in [0.1, 0.15) is 83.5 Å².